The van der Waals surface area contributed by atoms with Gasteiger partial charge in [0, 0.05) is 0 Å². The highest BCUT2D eigenvalue weighted by Gasteiger charge is 2.46. The lowest BCUT2D eigenvalue weighted by Gasteiger charge is -2.34. The number of hydrogen-bond acceptors (Lipinski definition) is 3. The summed E-state index contributed by atoms with van der Waals surface area (Å²) in [5.41, 5.74) is 9.31. The van der Waals surface area contributed by atoms with Crippen molar-refractivity contribution in [2.24, 2.45) is 0 Å². The molecule has 9 rings (SSSR count). The highest BCUT2D eigenvalue weighted by Crippen LogP contribution is 2.57. The smallest absolute Gasteiger partial charge is 0.120 e. The van der Waals surface area contributed by atoms with Crippen molar-refractivity contribution in [3.05, 3.63) is 180 Å². The van der Waals surface area contributed by atoms with E-state index in [1.807, 2.05) is 13.0 Å². The standard InChI is InChI=1S/C47H36O3/c1-2-49-41-20-15-34-26-39(18-13-36(34)28-41)47(40-19-14-37-29-42(50-24-23-48)21-16-35(37)27-40)45-10-6-5-9-43(45)44-22-17-38(30-46(44)47)33-12-11-31-7-3-4-8-32(31)25-33/h3-22,25-30,48H,2,23-24H2,1H3. The van der Waals surface area contributed by atoms with Gasteiger partial charge in [0.1, 0.15) is 18.1 Å². The first-order valence-electron chi connectivity index (χ1n) is 17.3. The van der Waals surface area contributed by atoms with Crippen molar-refractivity contribution >= 4 is 32.3 Å². The summed E-state index contributed by atoms with van der Waals surface area (Å²) in [4.78, 5) is 0. The van der Waals surface area contributed by atoms with Crippen molar-refractivity contribution in [2.45, 2.75) is 12.3 Å². The molecule has 0 aromatic heterocycles. The van der Waals surface area contributed by atoms with Crippen molar-refractivity contribution in [3.63, 3.8) is 0 Å². The van der Waals surface area contributed by atoms with Crippen molar-refractivity contribution in [1.29, 1.82) is 0 Å². The van der Waals surface area contributed by atoms with E-state index in [4.69, 9.17) is 9.47 Å². The molecule has 0 bridgehead atoms. The van der Waals surface area contributed by atoms with E-state index in [0.29, 0.717) is 6.61 Å². The minimum atomic E-state index is -0.578. The van der Waals surface area contributed by atoms with Gasteiger partial charge >= 0.3 is 0 Å². The Balaban J connectivity index is 1.32. The Bertz CT molecular complexity index is 2570. The zero-order valence-corrected chi connectivity index (χ0v) is 27.9. The van der Waals surface area contributed by atoms with Gasteiger partial charge in [0.05, 0.1) is 18.6 Å². The molecule has 3 heteroatoms. The van der Waals surface area contributed by atoms with Gasteiger partial charge in [-0.2, -0.15) is 0 Å². The molecule has 0 spiro atoms. The second-order valence-corrected chi connectivity index (χ2v) is 13.1. The summed E-state index contributed by atoms with van der Waals surface area (Å²) in [6.45, 7) is 2.91. The molecule has 0 amide bonds. The van der Waals surface area contributed by atoms with Gasteiger partial charge in [0.25, 0.3) is 0 Å². The summed E-state index contributed by atoms with van der Waals surface area (Å²) in [6, 6.07) is 57.6. The van der Waals surface area contributed by atoms with Crippen LogP contribution in [-0.4, -0.2) is 24.9 Å². The largest absolute Gasteiger partial charge is 0.494 e. The molecule has 0 heterocycles. The third-order valence-corrected chi connectivity index (χ3v) is 10.3. The van der Waals surface area contributed by atoms with Crippen molar-refractivity contribution in [1.82, 2.24) is 0 Å². The first kappa shape index (κ1) is 30.2. The first-order valence-corrected chi connectivity index (χ1v) is 17.3. The van der Waals surface area contributed by atoms with Crippen LogP contribution >= 0.6 is 0 Å². The van der Waals surface area contributed by atoms with Crippen LogP contribution in [0.2, 0.25) is 0 Å². The highest BCUT2D eigenvalue weighted by molar-refractivity contribution is 5.94. The molecule has 1 aliphatic carbocycles. The Hall–Kier alpha value is -5.90. The van der Waals surface area contributed by atoms with E-state index in [1.54, 1.807) is 0 Å². The van der Waals surface area contributed by atoms with Crippen LogP contribution in [-0.2, 0) is 5.41 Å². The Labute approximate surface area is 292 Å². The summed E-state index contributed by atoms with van der Waals surface area (Å²) in [5, 5.41) is 16.3. The van der Waals surface area contributed by atoms with E-state index >= 15 is 0 Å². The molecule has 0 aliphatic heterocycles. The summed E-state index contributed by atoms with van der Waals surface area (Å²) in [5.74, 6) is 1.64. The average Bonchev–Trinajstić information content (AvgIpc) is 3.47. The normalized spacial score (nSPS) is 14.9. The SMILES string of the molecule is CCOc1ccc2cc(C3(c4ccc5cc(OCCO)ccc5c4)c4ccccc4-c4ccc(-c5ccc6ccccc6c5)cc43)ccc2c1. The summed E-state index contributed by atoms with van der Waals surface area (Å²) < 4.78 is 11.6. The van der Waals surface area contributed by atoms with Gasteiger partial charge in [-0.05, 0) is 132 Å². The molecule has 0 saturated heterocycles. The van der Waals surface area contributed by atoms with E-state index < -0.39 is 5.41 Å². The quantitative estimate of drug-likeness (QED) is 0.178. The fraction of sp³-hybridized carbons (Fsp3) is 0.106. The Kier molecular flexibility index (Phi) is 7.37. The fourth-order valence-electron chi connectivity index (χ4n) is 8.04. The van der Waals surface area contributed by atoms with Gasteiger partial charge < -0.3 is 14.6 Å². The van der Waals surface area contributed by atoms with Crippen molar-refractivity contribution < 1.29 is 14.6 Å². The predicted octanol–water partition coefficient (Wildman–Crippen LogP) is 10.9. The van der Waals surface area contributed by atoms with Crippen molar-refractivity contribution in [3.8, 4) is 33.8 Å². The Morgan fingerprint density at radius 3 is 1.72 bits per heavy atom. The van der Waals surface area contributed by atoms with Gasteiger partial charge in [0.15, 0.2) is 0 Å². The zero-order chi connectivity index (χ0) is 33.7. The van der Waals surface area contributed by atoms with Gasteiger partial charge in [-0.1, -0.05) is 109 Å². The Morgan fingerprint density at radius 1 is 0.460 bits per heavy atom. The third-order valence-electron chi connectivity index (χ3n) is 10.3. The monoisotopic (exact) mass is 648 g/mol. The maximum absolute atomic E-state index is 9.31. The highest BCUT2D eigenvalue weighted by atomic mass is 16.5. The van der Waals surface area contributed by atoms with Crippen molar-refractivity contribution in [2.75, 3.05) is 19.8 Å². The number of benzene rings is 8. The molecule has 3 nitrogen and oxygen atoms in total. The molecule has 242 valence electrons. The van der Waals surface area contributed by atoms with E-state index in [9.17, 15) is 5.11 Å². The number of aliphatic hydroxyl groups is 1. The molecule has 8 aromatic carbocycles. The topological polar surface area (TPSA) is 38.7 Å². The van der Waals surface area contributed by atoms with E-state index in [0.717, 1.165) is 27.7 Å². The number of ether oxygens (including phenoxy) is 2. The summed E-state index contributed by atoms with van der Waals surface area (Å²) in [7, 11) is 0. The maximum atomic E-state index is 9.31. The molecule has 8 aromatic rings. The van der Waals surface area contributed by atoms with Gasteiger partial charge in [-0.15, -0.1) is 0 Å². The summed E-state index contributed by atoms with van der Waals surface area (Å²) >= 11 is 0. The van der Waals surface area contributed by atoms with Gasteiger partial charge in [-0.3, -0.25) is 0 Å². The minimum Gasteiger partial charge on any atom is -0.494 e. The van der Waals surface area contributed by atoms with E-state index in [-0.39, 0.29) is 13.2 Å². The first-order chi connectivity index (χ1) is 24.6. The van der Waals surface area contributed by atoms with Crippen LogP contribution in [0.25, 0.3) is 54.6 Å². The van der Waals surface area contributed by atoms with Crippen LogP contribution in [0.5, 0.6) is 11.5 Å². The molecule has 1 atom stereocenters. The molecular weight excluding hydrogens is 613 g/mol. The summed E-state index contributed by atoms with van der Waals surface area (Å²) in [6.07, 6.45) is 0. The van der Waals surface area contributed by atoms with E-state index in [2.05, 4.69) is 152 Å². The lowest BCUT2D eigenvalue weighted by atomic mass is 9.67. The lowest BCUT2D eigenvalue weighted by molar-refractivity contribution is 0.201. The van der Waals surface area contributed by atoms with Crippen LogP contribution in [0.1, 0.15) is 29.2 Å². The zero-order valence-electron chi connectivity index (χ0n) is 27.9. The van der Waals surface area contributed by atoms with Crippen LogP contribution in [0.3, 0.4) is 0 Å². The van der Waals surface area contributed by atoms with E-state index in [1.165, 1.54) is 60.7 Å². The van der Waals surface area contributed by atoms with Crippen LogP contribution < -0.4 is 9.47 Å². The van der Waals surface area contributed by atoms with Crippen LogP contribution in [0.4, 0.5) is 0 Å². The maximum Gasteiger partial charge on any atom is 0.120 e. The number of aliphatic hydroxyl groups excluding tert-OH is 1. The molecule has 1 aliphatic rings. The third kappa shape index (κ3) is 4.85. The fourth-order valence-corrected chi connectivity index (χ4v) is 8.04. The molecule has 0 radical (unpaired) electrons. The molecular formula is C47H36O3. The number of hydrogen-bond donors (Lipinski definition) is 1. The van der Waals surface area contributed by atoms with Crippen LogP contribution in [0.15, 0.2) is 158 Å². The molecule has 0 saturated carbocycles. The second-order valence-electron chi connectivity index (χ2n) is 13.1. The molecule has 0 fully saturated rings. The lowest BCUT2D eigenvalue weighted by Crippen LogP contribution is -2.28. The van der Waals surface area contributed by atoms with Gasteiger partial charge in [0.2, 0.25) is 0 Å². The number of fused-ring (bicyclic) bond motifs is 6. The predicted molar refractivity (Wildman–Crippen MR) is 205 cm³/mol. The Morgan fingerprint density at radius 2 is 1.00 bits per heavy atom. The van der Waals surface area contributed by atoms with Crippen LogP contribution in [0, 0.1) is 0 Å². The number of rotatable bonds is 8. The minimum absolute atomic E-state index is 0.0157. The van der Waals surface area contributed by atoms with Gasteiger partial charge in [-0.25, -0.2) is 0 Å². The molecule has 50 heavy (non-hydrogen) atoms. The molecule has 1 unspecified atom stereocenters. The second kappa shape index (κ2) is 12.2. The molecule has 1 N–H and O–H groups in total. The average molecular weight is 649 g/mol.